The number of rotatable bonds is 8. The number of nitrogens with zero attached hydrogens (tertiary/aromatic N) is 4. The van der Waals surface area contributed by atoms with Crippen LogP contribution in [0.1, 0.15) is 75.4 Å². The van der Waals surface area contributed by atoms with Gasteiger partial charge in [-0.05, 0) is 57.1 Å². The van der Waals surface area contributed by atoms with E-state index in [4.69, 9.17) is 5.73 Å². The zero-order valence-electron chi connectivity index (χ0n) is 22.0. The predicted molar refractivity (Wildman–Crippen MR) is 142 cm³/mol. The third-order valence-corrected chi connectivity index (χ3v) is 8.80. The minimum Gasteiger partial charge on any atom is -0.365 e. The lowest BCUT2D eigenvalue weighted by molar-refractivity contribution is -0.148. The molecule has 0 unspecified atom stereocenters. The number of aromatic nitrogens is 1. The van der Waals surface area contributed by atoms with Gasteiger partial charge in [-0.25, -0.2) is 9.99 Å². The first-order valence-electron chi connectivity index (χ1n) is 13.2. The molecule has 3 N–H and O–H groups in total. The first-order chi connectivity index (χ1) is 18.2. The Morgan fingerprint density at radius 1 is 1.21 bits per heavy atom. The van der Waals surface area contributed by atoms with E-state index in [-0.39, 0.29) is 46.1 Å². The van der Waals surface area contributed by atoms with E-state index in [1.165, 1.54) is 0 Å². The second kappa shape index (κ2) is 10.5. The number of nitrogens with one attached hydrogen (secondary N) is 1. The highest BCUT2D eigenvalue weighted by molar-refractivity contribution is 7.15. The van der Waals surface area contributed by atoms with Crippen LogP contribution in [0.5, 0.6) is 0 Å². The number of hydrazine groups is 1. The molecule has 1 aliphatic carbocycles. The van der Waals surface area contributed by atoms with E-state index in [1.807, 2.05) is 38.1 Å². The zero-order chi connectivity index (χ0) is 27.1. The number of amides is 4. The van der Waals surface area contributed by atoms with E-state index < -0.39 is 17.9 Å². The number of aryl methyl sites for hydroxylation is 1. The van der Waals surface area contributed by atoms with Gasteiger partial charge in [0.1, 0.15) is 10.9 Å². The summed E-state index contributed by atoms with van der Waals surface area (Å²) >= 11 is 0.981. The van der Waals surface area contributed by atoms with Gasteiger partial charge in [0.25, 0.3) is 17.7 Å². The summed E-state index contributed by atoms with van der Waals surface area (Å²) in [4.78, 5) is 58.8. The summed E-state index contributed by atoms with van der Waals surface area (Å²) in [7, 11) is 0. The van der Waals surface area contributed by atoms with Gasteiger partial charge in [0.05, 0.1) is 11.6 Å². The molecule has 0 bridgehead atoms. The van der Waals surface area contributed by atoms with E-state index >= 15 is 0 Å². The van der Waals surface area contributed by atoms with Crippen molar-refractivity contribution in [3.05, 3.63) is 51.0 Å². The number of fused-ring (bicyclic) bond motifs is 2. The molecule has 4 amide bonds. The Morgan fingerprint density at radius 2 is 1.95 bits per heavy atom. The molecule has 0 spiro atoms. The third-order valence-electron chi connectivity index (χ3n) is 7.64. The van der Waals surface area contributed by atoms with Crippen LogP contribution in [0.25, 0.3) is 0 Å². The number of benzene rings is 1. The van der Waals surface area contributed by atoms with Gasteiger partial charge in [-0.1, -0.05) is 24.3 Å². The summed E-state index contributed by atoms with van der Waals surface area (Å²) in [5.74, 6) is -1.61. The number of hydrogen-bond acceptors (Lipinski definition) is 7. The van der Waals surface area contributed by atoms with Crippen molar-refractivity contribution >= 4 is 35.0 Å². The standard InChI is InChI=1S/C27H34N6O4S/c1-15(2)32(27(37)25-29-16(3)22(38-25)23(28)34)14-20(17-9-10-17)24(35)30-21-19-8-5-4-7-18(19)13-31-11-6-12-33(31)26(21)36/h4-5,7-8,15,17,20-21H,6,9-14H2,1-3H3,(H2,28,34)(H,30,35)/t20-,21-/m0/s1. The fraction of sp³-hybridized carbons (Fsp3) is 0.519. The molecule has 1 saturated carbocycles. The lowest BCUT2D eigenvalue weighted by Gasteiger charge is -2.31. The average molecular weight is 539 g/mol. The Kier molecular flexibility index (Phi) is 7.23. The van der Waals surface area contributed by atoms with E-state index in [0.717, 1.165) is 48.3 Å². The highest BCUT2D eigenvalue weighted by Gasteiger charge is 2.43. The molecular weight excluding hydrogens is 504 g/mol. The normalized spacial score (nSPS) is 20.1. The molecular formula is C27H34N6O4S. The third kappa shape index (κ3) is 5.04. The Balaban J connectivity index is 1.39. The SMILES string of the molecule is Cc1nc(C(=O)N(C[C@H](C(=O)N[C@@H]2C(=O)N3CCCN3Cc3ccccc32)C2CC2)C(C)C)sc1C(N)=O. The molecule has 2 aliphatic heterocycles. The van der Waals surface area contributed by atoms with Crippen molar-refractivity contribution in [1.29, 1.82) is 0 Å². The molecule has 2 aromatic rings. The van der Waals surface area contributed by atoms with Crippen LogP contribution in [-0.2, 0) is 16.1 Å². The van der Waals surface area contributed by atoms with E-state index in [0.29, 0.717) is 18.8 Å². The molecule has 3 heterocycles. The Bertz CT molecular complexity index is 1270. The van der Waals surface area contributed by atoms with Crippen LogP contribution < -0.4 is 11.1 Å². The fourth-order valence-electron chi connectivity index (χ4n) is 5.43. The van der Waals surface area contributed by atoms with E-state index in [2.05, 4.69) is 15.3 Å². The summed E-state index contributed by atoms with van der Waals surface area (Å²) in [6.07, 6.45) is 2.70. The minimum absolute atomic E-state index is 0.121. The van der Waals surface area contributed by atoms with Crippen molar-refractivity contribution in [3.8, 4) is 0 Å². The molecule has 1 aromatic carbocycles. The maximum Gasteiger partial charge on any atom is 0.283 e. The van der Waals surface area contributed by atoms with Gasteiger partial charge < -0.3 is 16.0 Å². The molecule has 11 heteroatoms. The van der Waals surface area contributed by atoms with Crippen LogP contribution >= 0.6 is 11.3 Å². The summed E-state index contributed by atoms with van der Waals surface area (Å²) in [5, 5.41) is 7.09. The molecule has 202 valence electrons. The maximum atomic E-state index is 13.8. The lowest BCUT2D eigenvalue weighted by atomic mass is 9.96. The minimum atomic E-state index is -0.772. The number of carbonyl (C=O) groups is 4. The van der Waals surface area contributed by atoms with Crippen molar-refractivity contribution in [3.63, 3.8) is 0 Å². The van der Waals surface area contributed by atoms with Crippen molar-refractivity contribution in [2.45, 2.75) is 58.7 Å². The van der Waals surface area contributed by atoms with Crippen molar-refractivity contribution < 1.29 is 19.2 Å². The summed E-state index contributed by atoms with van der Waals surface area (Å²) in [6, 6.07) is 6.81. The number of nitrogens with two attached hydrogens (primary N) is 1. The molecule has 5 rings (SSSR count). The van der Waals surface area contributed by atoms with Crippen LogP contribution in [0.4, 0.5) is 0 Å². The number of carbonyl (C=O) groups excluding carboxylic acids is 4. The van der Waals surface area contributed by atoms with Crippen molar-refractivity contribution in [2.24, 2.45) is 17.6 Å². The Morgan fingerprint density at radius 3 is 2.61 bits per heavy atom. The topological polar surface area (TPSA) is 129 Å². The van der Waals surface area contributed by atoms with Gasteiger partial charge in [-0.2, -0.15) is 0 Å². The van der Waals surface area contributed by atoms with Crippen LogP contribution in [0, 0.1) is 18.8 Å². The van der Waals surface area contributed by atoms with Crippen molar-refractivity contribution in [1.82, 2.24) is 25.2 Å². The molecule has 1 aromatic heterocycles. The summed E-state index contributed by atoms with van der Waals surface area (Å²) < 4.78 is 0. The lowest BCUT2D eigenvalue weighted by Crippen LogP contribution is -2.49. The van der Waals surface area contributed by atoms with Gasteiger partial charge in [0.15, 0.2) is 5.01 Å². The monoisotopic (exact) mass is 538 g/mol. The largest absolute Gasteiger partial charge is 0.365 e. The van der Waals surface area contributed by atoms with Crippen molar-refractivity contribution in [2.75, 3.05) is 19.6 Å². The number of hydrogen-bond donors (Lipinski definition) is 2. The smallest absolute Gasteiger partial charge is 0.283 e. The molecule has 3 aliphatic rings. The van der Waals surface area contributed by atoms with Gasteiger partial charge in [-0.3, -0.25) is 24.2 Å². The zero-order valence-corrected chi connectivity index (χ0v) is 22.8. The van der Waals surface area contributed by atoms with Gasteiger partial charge in [0.2, 0.25) is 5.91 Å². The van der Waals surface area contributed by atoms with Gasteiger partial charge in [-0.15, -0.1) is 11.3 Å². The second-order valence-electron chi connectivity index (χ2n) is 10.6. The van der Waals surface area contributed by atoms with Crippen LogP contribution in [0.2, 0.25) is 0 Å². The quantitative estimate of drug-likeness (QED) is 0.531. The molecule has 10 nitrogen and oxygen atoms in total. The fourth-order valence-corrected chi connectivity index (χ4v) is 6.30. The predicted octanol–water partition coefficient (Wildman–Crippen LogP) is 2.25. The van der Waals surface area contributed by atoms with Crippen LogP contribution in [0.3, 0.4) is 0 Å². The first-order valence-corrected chi connectivity index (χ1v) is 14.0. The van der Waals surface area contributed by atoms with Gasteiger partial charge >= 0.3 is 0 Å². The van der Waals surface area contributed by atoms with Crippen LogP contribution in [-0.4, -0.2) is 69.2 Å². The number of thiazole rings is 1. The summed E-state index contributed by atoms with van der Waals surface area (Å²) in [6.45, 7) is 7.72. The molecule has 38 heavy (non-hydrogen) atoms. The molecule has 0 radical (unpaired) electrons. The van der Waals surface area contributed by atoms with E-state index in [9.17, 15) is 19.2 Å². The second-order valence-corrected chi connectivity index (χ2v) is 11.6. The average Bonchev–Trinajstić information content (AvgIpc) is 3.50. The number of primary amides is 1. The molecule has 2 fully saturated rings. The highest BCUT2D eigenvalue weighted by atomic mass is 32.1. The van der Waals surface area contributed by atoms with E-state index in [1.54, 1.807) is 16.8 Å². The molecule has 2 atom stereocenters. The van der Waals surface area contributed by atoms with Gasteiger partial charge in [0, 0.05) is 32.2 Å². The van der Waals surface area contributed by atoms with Crippen LogP contribution in [0.15, 0.2) is 24.3 Å². The summed E-state index contributed by atoms with van der Waals surface area (Å²) in [5.41, 5.74) is 7.71. The Hall–Kier alpha value is -3.31. The highest BCUT2D eigenvalue weighted by Crippen LogP contribution is 2.39. The first kappa shape index (κ1) is 26.3. The Labute approximate surface area is 226 Å². The molecule has 1 saturated heterocycles. The maximum absolute atomic E-state index is 13.8.